The van der Waals surface area contributed by atoms with E-state index in [1.165, 1.54) is 24.1 Å². The van der Waals surface area contributed by atoms with Gasteiger partial charge in [0.25, 0.3) is 5.96 Å². The summed E-state index contributed by atoms with van der Waals surface area (Å²) >= 11 is 0. The first kappa shape index (κ1) is 24.1. The van der Waals surface area contributed by atoms with Gasteiger partial charge in [0.1, 0.15) is 23.2 Å². The molecule has 1 atom stereocenters. The Hall–Kier alpha value is -3.56. The van der Waals surface area contributed by atoms with E-state index in [4.69, 9.17) is 10.7 Å². The summed E-state index contributed by atoms with van der Waals surface area (Å²) in [4.78, 5) is 6.99. The minimum atomic E-state index is -5.84. The van der Waals surface area contributed by atoms with Gasteiger partial charge < -0.3 is 15.2 Å². The highest BCUT2D eigenvalue weighted by Gasteiger charge is 2.46. The van der Waals surface area contributed by atoms with Gasteiger partial charge in [0.05, 0.1) is 0 Å². The van der Waals surface area contributed by atoms with Gasteiger partial charge in [-0.3, -0.25) is 0 Å². The second kappa shape index (κ2) is 8.76. The predicted octanol–water partition coefficient (Wildman–Crippen LogP) is 2.35. The average molecular weight is 479 g/mol. The van der Waals surface area contributed by atoms with Gasteiger partial charge in [0.2, 0.25) is 0 Å². The topological polar surface area (TPSA) is 136 Å². The summed E-state index contributed by atoms with van der Waals surface area (Å²) in [7, 11) is -4.43. The van der Waals surface area contributed by atoms with Crippen LogP contribution in [0.3, 0.4) is 0 Å². The molecule has 14 heteroatoms. The van der Waals surface area contributed by atoms with Crippen LogP contribution in [0.1, 0.15) is 26.7 Å². The maximum absolute atomic E-state index is 13.0. The van der Waals surface area contributed by atoms with Gasteiger partial charge >= 0.3 is 15.5 Å². The van der Waals surface area contributed by atoms with Crippen molar-refractivity contribution < 1.29 is 21.6 Å². The fourth-order valence-electron chi connectivity index (χ4n) is 3.53. The Kier molecular flexibility index (Phi) is 6.40. The number of aliphatic imine (C=N–C) groups is 1. The van der Waals surface area contributed by atoms with E-state index in [1.54, 1.807) is 11.9 Å². The zero-order valence-electron chi connectivity index (χ0n) is 17.8. The molecule has 0 aromatic heterocycles. The van der Waals surface area contributed by atoms with Gasteiger partial charge in [-0.25, -0.2) is 5.87 Å². The van der Waals surface area contributed by atoms with E-state index in [9.17, 15) is 21.6 Å². The molecule has 1 fully saturated rings. The van der Waals surface area contributed by atoms with Gasteiger partial charge in [-0.15, -0.1) is 10.2 Å². The molecule has 1 saturated heterocycles. The van der Waals surface area contributed by atoms with Gasteiger partial charge in [0, 0.05) is 25.3 Å². The third-order valence-electron chi connectivity index (χ3n) is 5.23. The van der Waals surface area contributed by atoms with Crippen LogP contribution in [0.15, 0.2) is 48.7 Å². The number of sulfonamides is 1. The number of halogens is 3. The Bertz CT molecular complexity index is 1260. The molecule has 1 unspecified atom stereocenters. The molecule has 174 valence electrons. The molecule has 2 aliphatic heterocycles. The maximum Gasteiger partial charge on any atom is 0.518 e. The van der Waals surface area contributed by atoms with Crippen LogP contribution in [0.4, 0.5) is 13.2 Å². The molecule has 0 spiro atoms. The smallest absolute Gasteiger partial charge is 0.518 e. The Labute approximate surface area is 188 Å². The summed E-state index contributed by atoms with van der Waals surface area (Å²) < 4.78 is 65.5. The highest BCUT2D eigenvalue weighted by molar-refractivity contribution is 7.91. The molecule has 0 saturated carbocycles. The van der Waals surface area contributed by atoms with Crippen molar-refractivity contribution in [3.8, 4) is 6.07 Å². The molecular weight excluding hydrogens is 461 g/mol. The molecule has 0 aromatic rings. The number of hydrogen-bond acceptors (Lipinski definition) is 6. The number of nitriles is 1. The number of rotatable bonds is 3. The van der Waals surface area contributed by atoms with E-state index >= 15 is 0 Å². The van der Waals surface area contributed by atoms with Gasteiger partial charge in [-0.2, -0.15) is 36.2 Å². The Morgan fingerprint density at radius 1 is 1.30 bits per heavy atom. The first-order chi connectivity index (χ1) is 15.4. The Morgan fingerprint density at radius 3 is 2.55 bits per heavy atom. The lowest BCUT2D eigenvalue weighted by Crippen LogP contribution is -2.39. The number of likely N-dealkylation sites (tertiary alicyclic amines) is 1. The van der Waals surface area contributed by atoms with Crippen molar-refractivity contribution in [3.05, 3.63) is 34.5 Å². The molecule has 0 aromatic carbocycles. The molecule has 0 N–H and O–H groups in total. The third kappa shape index (κ3) is 4.50. The lowest BCUT2D eigenvalue weighted by Gasteiger charge is -2.39. The third-order valence-corrected chi connectivity index (χ3v) is 6.25. The van der Waals surface area contributed by atoms with E-state index in [-0.39, 0.29) is 29.1 Å². The Balaban J connectivity index is 2.15. The predicted molar refractivity (Wildman–Crippen MR) is 117 cm³/mol. The van der Waals surface area contributed by atoms with E-state index in [0.29, 0.717) is 18.7 Å². The molecule has 0 amide bonds. The number of guanidine groups is 1. The summed E-state index contributed by atoms with van der Waals surface area (Å²) in [5, 5.41) is 25.9. The maximum atomic E-state index is 13.0. The van der Waals surface area contributed by atoms with Crippen molar-refractivity contribution >= 4 is 39.0 Å². The van der Waals surface area contributed by atoms with Crippen LogP contribution < -0.4 is 0 Å². The summed E-state index contributed by atoms with van der Waals surface area (Å²) in [6.45, 7) is 4.40. The zero-order chi connectivity index (χ0) is 24.6. The molecule has 33 heavy (non-hydrogen) atoms. The first-order valence-electron chi connectivity index (χ1n) is 9.70. The van der Waals surface area contributed by atoms with Crippen molar-refractivity contribution in [1.82, 2.24) is 9.80 Å². The fraction of sp³-hybridized carbons (Fsp3) is 0.421. The summed E-state index contributed by atoms with van der Waals surface area (Å²) in [5.41, 5.74) is -5.28. The molecule has 3 rings (SSSR count). The second-order valence-electron chi connectivity index (χ2n) is 7.25. The number of alkyl halides is 3. The van der Waals surface area contributed by atoms with Crippen molar-refractivity contribution in [2.45, 2.75) is 38.2 Å². The summed E-state index contributed by atoms with van der Waals surface area (Å²) in [6, 6.07) is 1.84. The van der Waals surface area contributed by atoms with Crippen LogP contribution in [0.5, 0.6) is 0 Å². The van der Waals surface area contributed by atoms with E-state index in [0.717, 1.165) is 12.0 Å². The van der Waals surface area contributed by atoms with Crippen LogP contribution in [-0.4, -0.2) is 72.3 Å². The molecule has 0 bridgehead atoms. The normalized spacial score (nSPS) is 25.0. The Morgan fingerprint density at radius 2 is 2.00 bits per heavy atom. The van der Waals surface area contributed by atoms with Crippen LogP contribution in [0.2, 0.25) is 0 Å². The number of fused-ring (bicyclic) bond motifs is 1. The van der Waals surface area contributed by atoms with Gasteiger partial charge in [-0.05, 0) is 44.4 Å². The summed E-state index contributed by atoms with van der Waals surface area (Å²) in [5.74, 6) is 1.64. The van der Waals surface area contributed by atoms with Crippen LogP contribution >= 0.6 is 0 Å². The summed E-state index contributed by atoms with van der Waals surface area (Å²) in [6.07, 6.45) is 4.08. The van der Waals surface area contributed by atoms with Crippen LogP contribution in [0, 0.1) is 11.3 Å². The first-order valence-corrected chi connectivity index (χ1v) is 11.1. The van der Waals surface area contributed by atoms with E-state index in [1.807, 2.05) is 18.7 Å². The molecule has 3 aliphatic rings. The molecular formula is C19H18F3N8O2S-. The van der Waals surface area contributed by atoms with Crippen LogP contribution in [0.25, 0.3) is 5.41 Å². The molecule has 2 heterocycles. The quantitative estimate of drug-likeness (QED) is 0.348. The molecule has 0 radical (unpaired) electrons. The minimum absolute atomic E-state index is 0.0750. The fourth-order valence-corrected chi connectivity index (χ4v) is 4.04. The van der Waals surface area contributed by atoms with Crippen molar-refractivity contribution in [2.24, 2.45) is 19.6 Å². The van der Waals surface area contributed by atoms with Gasteiger partial charge in [-0.1, -0.05) is 0 Å². The highest BCUT2D eigenvalue weighted by atomic mass is 32.2. The largest absolute Gasteiger partial charge is 0.761 e. The number of allylic oxidation sites excluding steroid dienone is 4. The number of piperidine rings is 1. The van der Waals surface area contributed by atoms with Crippen molar-refractivity contribution in [3.63, 3.8) is 0 Å². The second-order valence-corrected chi connectivity index (χ2v) is 8.84. The lowest BCUT2D eigenvalue weighted by atomic mass is 9.89. The average Bonchev–Trinajstić information content (AvgIpc) is 3.05. The monoisotopic (exact) mass is 479 g/mol. The number of hydrogen-bond donors (Lipinski definition) is 0. The van der Waals surface area contributed by atoms with E-state index < -0.39 is 21.2 Å². The van der Waals surface area contributed by atoms with Crippen molar-refractivity contribution in [2.75, 3.05) is 13.6 Å². The molecule has 10 nitrogen and oxygen atoms in total. The number of nitrogens with zero attached hydrogens (tertiary/aromatic N) is 8. The standard InChI is InChI=1S/C19H18F3N8O2S/c1-4-30-11(2)5-6-12-7-13(14(8-16(12)30)28-33(31,32)19(20,21)22)26-27-18-25-15(9-23)17(10-24)29(18)3/h7-8,11H,4-6H2,1-3H3/q-1/b26-13+,27-18+,28-14+. The van der Waals surface area contributed by atoms with E-state index in [2.05, 4.69) is 19.6 Å². The van der Waals surface area contributed by atoms with Crippen molar-refractivity contribution in [1.29, 1.82) is 5.26 Å². The highest BCUT2D eigenvalue weighted by Crippen LogP contribution is 2.34. The zero-order valence-corrected chi connectivity index (χ0v) is 18.6. The van der Waals surface area contributed by atoms with Crippen LogP contribution in [-0.2, 0) is 10.0 Å². The lowest BCUT2D eigenvalue weighted by molar-refractivity contribution is -0.0435. The number of likely N-dealkylation sites (N-methyl/N-ethyl adjacent to an activating group) is 1. The minimum Gasteiger partial charge on any atom is -0.761 e. The SMILES string of the molecule is CCN1C2=CC(=N\S(=O)(=O)C(F)(F)F)/C(=N/N=C3\N=C(C#N)C(=C=[N-])N3C)C=C2CCC1C. The molecule has 1 aliphatic carbocycles. The van der Waals surface area contributed by atoms with Gasteiger partial charge in [0.15, 0.2) is 5.71 Å².